The highest BCUT2D eigenvalue weighted by atomic mass is 35.5. The monoisotopic (exact) mass is 295 g/mol. The molecule has 0 spiro atoms. The Bertz CT molecular complexity index is 504. The normalized spacial score (nSPS) is 22.2. The minimum atomic E-state index is -0.826. The summed E-state index contributed by atoms with van der Waals surface area (Å²) in [6.07, 6.45) is 3.41. The second-order valence-electron chi connectivity index (χ2n) is 5.17. The number of carbonyl (C=O) groups is 2. The number of amides is 1. The van der Waals surface area contributed by atoms with E-state index in [1.807, 2.05) is 12.1 Å². The van der Waals surface area contributed by atoms with Gasteiger partial charge < -0.3 is 10.4 Å². The number of aliphatic carboxylic acids is 1. The van der Waals surface area contributed by atoms with E-state index in [0.29, 0.717) is 11.4 Å². The van der Waals surface area contributed by atoms with Crippen molar-refractivity contribution in [2.45, 2.75) is 38.1 Å². The predicted octanol–water partition coefficient (Wildman–Crippen LogP) is 2.64. The number of carbonyl (C=O) groups excluding carboxylic acids is 1. The van der Waals surface area contributed by atoms with Crippen LogP contribution in [0.15, 0.2) is 24.3 Å². The lowest BCUT2D eigenvalue weighted by Crippen LogP contribution is -2.45. The standard InChI is InChI=1S/C15H18ClNO3/c16-12-7-3-1-5-10(12)9-14(18)17-13-8-4-2-6-11(13)15(19)20/h1,3,5,7,11,13H,2,4,6,8-9H2,(H,17,18)(H,19,20). The third kappa shape index (κ3) is 3.73. The van der Waals surface area contributed by atoms with Gasteiger partial charge in [-0.3, -0.25) is 9.59 Å². The Morgan fingerprint density at radius 2 is 1.95 bits per heavy atom. The molecule has 1 amide bonds. The van der Waals surface area contributed by atoms with Gasteiger partial charge in [0.25, 0.3) is 0 Å². The van der Waals surface area contributed by atoms with Gasteiger partial charge in [-0.1, -0.05) is 42.6 Å². The van der Waals surface area contributed by atoms with Crippen LogP contribution in [0.1, 0.15) is 31.2 Å². The van der Waals surface area contributed by atoms with Crippen LogP contribution in [0.4, 0.5) is 0 Å². The van der Waals surface area contributed by atoms with Gasteiger partial charge >= 0.3 is 5.97 Å². The molecule has 0 bridgehead atoms. The molecule has 0 aliphatic heterocycles. The van der Waals surface area contributed by atoms with Gasteiger partial charge in [-0.25, -0.2) is 0 Å². The van der Waals surface area contributed by atoms with Crippen molar-refractivity contribution < 1.29 is 14.7 Å². The summed E-state index contributed by atoms with van der Waals surface area (Å²) in [5, 5.41) is 12.6. The molecule has 1 saturated carbocycles. The molecule has 5 heteroatoms. The molecule has 1 aromatic rings. The first-order valence-corrected chi connectivity index (χ1v) is 7.21. The summed E-state index contributed by atoms with van der Waals surface area (Å²) in [5.41, 5.74) is 0.759. The highest BCUT2D eigenvalue weighted by Gasteiger charge is 2.31. The van der Waals surface area contributed by atoms with E-state index in [1.165, 1.54) is 0 Å². The molecule has 2 rings (SSSR count). The molecule has 20 heavy (non-hydrogen) atoms. The van der Waals surface area contributed by atoms with Crippen LogP contribution in [-0.4, -0.2) is 23.0 Å². The van der Waals surface area contributed by atoms with Crippen molar-refractivity contribution in [3.8, 4) is 0 Å². The van der Waals surface area contributed by atoms with Crippen LogP contribution in [0.2, 0.25) is 5.02 Å². The molecule has 4 nitrogen and oxygen atoms in total. The Balaban J connectivity index is 1.96. The first kappa shape index (κ1) is 14.9. The van der Waals surface area contributed by atoms with Crippen LogP contribution in [0.3, 0.4) is 0 Å². The van der Waals surface area contributed by atoms with E-state index in [-0.39, 0.29) is 18.4 Å². The lowest BCUT2D eigenvalue weighted by atomic mass is 9.84. The first-order chi connectivity index (χ1) is 9.58. The zero-order valence-electron chi connectivity index (χ0n) is 11.1. The number of halogens is 1. The average Bonchev–Trinajstić information content (AvgIpc) is 2.41. The van der Waals surface area contributed by atoms with Gasteiger partial charge in [-0.2, -0.15) is 0 Å². The number of carboxylic acids is 1. The van der Waals surface area contributed by atoms with Crippen molar-refractivity contribution in [3.05, 3.63) is 34.9 Å². The maximum absolute atomic E-state index is 12.0. The lowest BCUT2D eigenvalue weighted by molar-refractivity contribution is -0.144. The van der Waals surface area contributed by atoms with Crippen LogP contribution in [0.5, 0.6) is 0 Å². The summed E-state index contributed by atoms with van der Waals surface area (Å²) in [6, 6.07) is 6.92. The molecule has 1 fully saturated rings. The zero-order valence-corrected chi connectivity index (χ0v) is 11.9. The van der Waals surface area contributed by atoms with Gasteiger partial charge in [0.15, 0.2) is 0 Å². The van der Waals surface area contributed by atoms with Gasteiger partial charge in [0.1, 0.15) is 0 Å². The molecule has 2 unspecified atom stereocenters. The Morgan fingerprint density at radius 1 is 1.25 bits per heavy atom. The van der Waals surface area contributed by atoms with Crippen LogP contribution >= 0.6 is 11.6 Å². The molecular weight excluding hydrogens is 278 g/mol. The van der Waals surface area contributed by atoms with Crippen molar-refractivity contribution in [1.29, 1.82) is 0 Å². The molecule has 0 saturated heterocycles. The number of rotatable bonds is 4. The molecular formula is C15H18ClNO3. The van der Waals surface area contributed by atoms with Crippen molar-refractivity contribution in [1.82, 2.24) is 5.32 Å². The Hall–Kier alpha value is -1.55. The van der Waals surface area contributed by atoms with Crippen molar-refractivity contribution in [2.24, 2.45) is 5.92 Å². The van der Waals surface area contributed by atoms with E-state index in [2.05, 4.69) is 5.32 Å². The molecule has 1 aliphatic rings. The topological polar surface area (TPSA) is 66.4 Å². The van der Waals surface area contributed by atoms with Crippen LogP contribution in [0.25, 0.3) is 0 Å². The van der Waals surface area contributed by atoms with E-state index < -0.39 is 11.9 Å². The van der Waals surface area contributed by atoms with Crippen LogP contribution in [0, 0.1) is 5.92 Å². The summed E-state index contributed by atoms with van der Waals surface area (Å²) >= 11 is 6.02. The molecule has 1 aromatic carbocycles. The van der Waals surface area contributed by atoms with Crippen molar-refractivity contribution >= 4 is 23.5 Å². The fourth-order valence-corrected chi connectivity index (χ4v) is 2.87. The van der Waals surface area contributed by atoms with E-state index in [0.717, 1.165) is 24.8 Å². The van der Waals surface area contributed by atoms with Crippen LogP contribution < -0.4 is 5.32 Å². The number of hydrogen-bond donors (Lipinski definition) is 2. The molecule has 0 heterocycles. The highest BCUT2D eigenvalue weighted by molar-refractivity contribution is 6.31. The smallest absolute Gasteiger partial charge is 0.308 e. The highest BCUT2D eigenvalue weighted by Crippen LogP contribution is 2.25. The minimum absolute atomic E-state index is 0.170. The van der Waals surface area contributed by atoms with E-state index in [4.69, 9.17) is 11.6 Å². The van der Waals surface area contributed by atoms with Crippen molar-refractivity contribution in [2.75, 3.05) is 0 Å². The molecule has 0 aromatic heterocycles. The second-order valence-corrected chi connectivity index (χ2v) is 5.58. The number of hydrogen-bond acceptors (Lipinski definition) is 2. The minimum Gasteiger partial charge on any atom is -0.481 e. The van der Waals surface area contributed by atoms with E-state index >= 15 is 0 Å². The quantitative estimate of drug-likeness (QED) is 0.897. The molecule has 2 atom stereocenters. The third-order valence-electron chi connectivity index (χ3n) is 3.74. The number of benzene rings is 1. The Morgan fingerprint density at radius 3 is 2.65 bits per heavy atom. The Labute approximate surface area is 123 Å². The number of carboxylic acid groups (broad SMARTS) is 1. The summed E-state index contributed by atoms with van der Waals surface area (Å²) in [7, 11) is 0. The summed E-state index contributed by atoms with van der Waals surface area (Å²) < 4.78 is 0. The maximum Gasteiger partial charge on any atom is 0.308 e. The van der Waals surface area contributed by atoms with E-state index in [9.17, 15) is 14.7 Å². The van der Waals surface area contributed by atoms with Gasteiger partial charge in [-0.05, 0) is 24.5 Å². The fourth-order valence-electron chi connectivity index (χ4n) is 2.67. The first-order valence-electron chi connectivity index (χ1n) is 6.83. The van der Waals surface area contributed by atoms with Gasteiger partial charge in [-0.15, -0.1) is 0 Å². The molecule has 1 aliphatic carbocycles. The van der Waals surface area contributed by atoms with Gasteiger partial charge in [0, 0.05) is 11.1 Å². The molecule has 2 N–H and O–H groups in total. The van der Waals surface area contributed by atoms with E-state index in [1.54, 1.807) is 12.1 Å². The van der Waals surface area contributed by atoms with Crippen LogP contribution in [-0.2, 0) is 16.0 Å². The Kier molecular flexibility index (Phi) is 5.01. The maximum atomic E-state index is 12.0. The lowest BCUT2D eigenvalue weighted by Gasteiger charge is -2.29. The van der Waals surface area contributed by atoms with Crippen molar-refractivity contribution in [3.63, 3.8) is 0 Å². The largest absolute Gasteiger partial charge is 0.481 e. The molecule has 0 radical (unpaired) electrons. The summed E-state index contributed by atoms with van der Waals surface area (Å²) in [4.78, 5) is 23.2. The summed E-state index contributed by atoms with van der Waals surface area (Å²) in [6.45, 7) is 0. The summed E-state index contributed by atoms with van der Waals surface area (Å²) in [5.74, 6) is -1.47. The average molecular weight is 296 g/mol. The van der Waals surface area contributed by atoms with Gasteiger partial charge in [0.2, 0.25) is 5.91 Å². The fraction of sp³-hybridized carbons (Fsp3) is 0.467. The predicted molar refractivity (Wildman–Crippen MR) is 76.7 cm³/mol. The molecule has 108 valence electrons. The van der Waals surface area contributed by atoms with Gasteiger partial charge in [0.05, 0.1) is 12.3 Å². The SMILES string of the molecule is O=C(Cc1ccccc1Cl)NC1CCCCC1C(=O)O. The second kappa shape index (κ2) is 6.75. The number of nitrogens with one attached hydrogen (secondary N) is 1. The third-order valence-corrected chi connectivity index (χ3v) is 4.11. The zero-order chi connectivity index (χ0) is 14.5.